The highest BCUT2D eigenvalue weighted by atomic mass is 79.9. The fraction of sp³-hybridized carbons (Fsp3) is 0.421. The van der Waals surface area contributed by atoms with E-state index < -0.39 is 0 Å². The van der Waals surface area contributed by atoms with Gasteiger partial charge in [-0.05, 0) is 59.0 Å². The van der Waals surface area contributed by atoms with Gasteiger partial charge in [0.1, 0.15) is 5.69 Å². The standard InChI is InChI=1S/C19H22BrN3O3/c1-2-4-14-8-11-21(12-9-14)18-13-15(6-7-17(18)23(25)26)22-10-3-5-16(20)19(22)24/h3,5-7,10,13-14H,2,4,8-9,11-12H2,1H3. The number of halogens is 1. The van der Waals surface area contributed by atoms with Crippen LogP contribution in [0.1, 0.15) is 32.6 Å². The summed E-state index contributed by atoms with van der Waals surface area (Å²) in [4.78, 5) is 25.6. The number of nitro groups is 1. The van der Waals surface area contributed by atoms with Crippen molar-refractivity contribution in [3.05, 3.63) is 61.5 Å². The van der Waals surface area contributed by atoms with Crippen LogP contribution in [0.3, 0.4) is 0 Å². The van der Waals surface area contributed by atoms with Crippen molar-refractivity contribution in [2.24, 2.45) is 5.92 Å². The van der Waals surface area contributed by atoms with Crippen molar-refractivity contribution in [1.82, 2.24) is 4.57 Å². The number of aromatic nitrogens is 1. The highest BCUT2D eigenvalue weighted by Gasteiger charge is 2.25. The SMILES string of the molecule is CCCC1CCN(c2cc(-n3cccc(Br)c3=O)ccc2[N+](=O)[O-])CC1. The third kappa shape index (κ3) is 3.82. The minimum atomic E-state index is -0.346. The van der Waals surface area contributed by atoms with E-state index in [2.05, 4.69) is 27.8 Å². The quantitative estimate of drug-likeness (QED) is 0.527. The molecule has 0 bridgehead atoms. The molecular formula is C19H22BrN3O3. The molecule has 1 aromatic carbocycles. The maximum Gasteiger partial charge on any atom is 0.292 e. The number of nitro benzene ring substituents is 1. The Labute approximate surface area is 160 Å². The lowest BCUT2D eigenvalue weighted by molar-refractivity contribution is -0.384. The van der Waals surface area contributed by atoms with Gasteiger partial charge in [-0.2, -0.15) is 0 Å². The van der Waals surface area contributed by atoms with Crippen molar-refractivity contribution in [2.45, 2.75) is 32.6 Å². The van der Waals surface area contributed by atoms with E-state index in [0.717, 1.165) is 25.9 Å². The molecule has 0 N–H and O–H groups in total. The molecule has 0 atom stereocenters. The van der Waals surface area contributed by atoms with E-state index >= 15 is 0 Å². The molecule has 2 heterocycles. The van der Waals surface area contributed by atoms with Gasteiger partial charge in [0.15, 0.2) is 0 Å². The Morgan fingerprint density at radius 3 is 2.65 bits per heavy atom. The second-order valence-electron chi connectivity index (χ2n) is 6.68. The first-order valence-corrected chi connectivity index (χ1v) is 9.71. The summed E-state index contributed by atoms with van der Waals surface area (Å²) in [5, 5.41) is 11.5. The zero-order valence-corrected chi connectivity index (χ0v) is 16.3. The van der Waals surface area contributed by atoms with Crippen molar-refractivity contribution < 1.29 is 4.92 Å². The zero-order chi connectivity index (χ0) is 18.7. The zero-order valence-electron chi connectivity index (χ0n) is 14.7. The van der Waals surface area contributed by atoms with Crippen molar-refractivity contribution in [2.75, 3.05) is 18.0 Å². The van der Waals surface area contributed by atoms with Crippen molar-refractivity contribution in [1.29, 1.82) is 0 Å². The lowest BCUT2D eigenvalue weighted by Crippen LogP contribution is -2.34. The Balaban J connectivity index is 1.97. The van der Waals surface area contributed by atoms with E-state index in [9.17, 15) is 14.9 Å². The van der Waals surface area contributed by atoms with Crippen LogP contribution in [0.15, 0.2) is 45.8 Å². The molecule has 7 heteroatoms. The molecule has 0 aliphatic carbocycles. The van der Waals surface area contributed by atoms with E-state index in [1.807, 2.05) is 0 Å². The molecule has 0 saturated carbocycles. The number of nitrogens with zero attached hydrogens (tertiary/aromatic N) is 3. The molecule has 3 rings (SSSR count). The summed E-state index contributed by atoms with van der Waals surface area (Å²) in [5.74, 6) is 0.700. The fourth-order valence-electron chi connectivity index (χ4n) is 3.61. The van der Waals surface area contributed by atoms with E-state index in [0.29, 0.717) is 21.8 Å². The van der Waals surface area contributed by atoms with Gasteiger partial charge < -0.3 is 4.90 Å². The normalized spacial score (nSPS) is 15.2. The molecule has 1 aliphatic rings. The Morgan fingerprint density at radius 1 is 1.27 bits per heavy atom. The first-order chi connectivity index (χ1) is 12.5. The van der Waals surface area contributed by atoms with E-state index in [-0.39, 0.29) is 16.2 Å². The fourth-order valence-corrected chi connectivity index (χ4v) is 3.95. The maximum atomic E-state index is 12.4. The van der Waals surface area contributed by atoms with Gasteiger partial charge in [0.05, 0.1) is 15.1 Å². The lowest BCUT2D eigenvalue weighted by atomic mass is 9.92. The van der Waals surface area contributed by atoms with Crippen molar-refractivity contribution >= 4 is 27.3 Å². The Bertz CT molecular complexity index is 857. The summed E-state index contributed by atoms with van der Waals surface area (Å²) in [6, 6.07) is 8.33. The summed E-state index contributed by atoms with van der Waals surface area (Å²) in [5.41, 5.74) is 1.13. The number of piperidine rings is 1. The number of pyridine rings is 1. The van der Waals surface area contributed by atoms with Gasteiger partial charge in [0, 0.05) is 25.4 Å². The molecule has 0 spiro atoms. The summed E-state index contributed by atoms with van der Waals surface area (Å²) in [7, 11) is 0. The predicted molar refractivity (Wildman–Crippen MR) is 106 cm³/mol. The van der Waals surface area contributed by atoms with Gasteiger partial charge in [-0.25, -0.2) is 0 Å². The molecule has 1 aromatic heterocycles. The molecular weight excluding hydrogens is 398 g/mol. The van der Waals surface area contributed by atoms with Crippen LogP contribution >= 0.6 is 15.9 Å². The van der Waals surface area contributed by atoms with Crippen LogP contribution in [-0.4, -0.2) is 22.6 Å². The molecule has 1 fully saturated rings. The maximum absolute atomic E-state index is 12.4. The third-order valence-corrected chi connectivity index (χ3v) is 5.59. The van der Waals surface area contributed by atoms with Crippen LogP contribution in [-0.2, 0) is 0 Å². The summed E-state index contributed by atoms with van der Waals surface area (Å²) in [6.07, 6.45) is 6.15. The van der Waals surface area contributed by atoms with Crippen LogP contribution in [0.5, 0.6) is 0 Å². The number of hydrogen-bond acceptors (Lipinski definition) is 4. The molecule has 0 amide bonds. The molecule has 2 aromatic rings. The largest absolute Gasteiger partial charge is 0.366 e. The number of hydrogen-bond donors (Lipinski definition) is 0. The second kappa shape index (κ2) is 8.03. The van der Waals surface area contributed by atoms with Crippen molar-refractivity contribution in [3.8, 4) is 5.69 Å². The molecule has 0 radical (unpaired) electrons. The minimum Gasteiger partial charge on any atom is -0.366 e. The number of rotatable bonds is 5. The van der Waals surface area contributed by atoms with E-state index in [4.69, 9.17) is 0 Å². The second-order valence-corrected chi connectivity index (χ2v) is 7.53. The highest BCUT2D eigenvalue weighted by molar-refractivity contribution is 9.10. The van der Waals surface area contributed by atoms with Gasteiger partial charge >= 0.3 is 0 Å². The van der Waals surface area contributed by atoms with Crippen LogP contribution in [0.4, 0.5) is 11.4 Å². The molecule has 6 nitrogen and oxygen atoms in total. The van der Waals surface area contributed by atoms with E-state index in [1.54, 1.807) is 30.5 Å². The monoisotopic (exact) mass is 419 g/mol. The lowest BCUT2D eigenvalue weighted by Gasteiger charge is -2.33. The molecule has 1 saturated heterocycles. The molecule has 138 valence electrons. The van der Waals surface area contributed by atoms with Gasteiger partial charge in [0.2, 0.25) is 0 Å². The number of benzene rings is 1. The first-order valence-electron chi connectivity index (χ1n) is 8.92. The number of anilines is 1. The molecule has 0 unspecified atom stereocenters. The first kappa shape index (κ1) is 18.6. The molecule has 1 aliphatic heterocycles. The van der Waals surface area contributed by atoms with Gasteiger partial charge in [-0.1, -0.05) is 19.8 Å². The summed E-state index contributed by atoms with van der Waals surface area (Å²) in [6.45, 7) is 3.81. The Morgan fingerprint density at radius 2 is 2.00 bits per heavy atom. The average Bonchev–Trinajstić information content (AvgIpc) is 2.64. The van der Waals surface area contributed by atoms with Crippen LogP contribution in [0, 0.1) is 16.0 Å². The van der Waals surface area contributed by atoms with Crippen molar-refractivity contribution in [3.63, 3.8) is 0 Å². The van der Waals surface area contributed by atoms with Gasteiger partial charge in [-0.3, -0.25) is 19.5 Å². The average molecular weight is 420 g/mol. The summed E-state index contributed by atoms with van der Waals surface area (Å²) >= 11 is 3.25. The minimum absolute atomic E-state index is 0.0886. The smallest absolute Gasteiger partial charge is 0.292 e. The Kier molecular flexibility index (Phi) is 5.76. The van der Waals surface area contributed by atoms with Crippen LogP contribution < -0.4 is 10.5 Å². The van der Waals surface area contributed by atoms with E-state index in [1.165, 1.54) is 23.5 Å². The van der Waals surface area contributed by atoms with Gasteiger partial charge in [0.25, 0.3) is 11.2 Å². The molecule has 26 heavy (non-hydrogen) atoms. The third-order valence-electron chi connectivity index (χ3n) is 4.99. The Hall–Kier alpha value is -2.15. The predicted octanol–water partition coefficient (Wildman–Crippen LogP) is 4.52. The summed E-state index contributed by atoms with van der Waals surface area (Å²) < 4.78 is 1.96. The van der Waals surface area contributed by atoms with Crippen LogP contribution in [0.2, 0.25) is 0 Å². The topological polar surface area (TPSA) is 68.4 Å². The van der Waals surface area contributed by atoms with Crippen LogP contribution in [0.25, 0.3) is 5.69 Å². The van der Waals surface area contributed by atoms with Gasteiger partial charge in [-0.15, -0.1) is 0 Å². The highest BCUT2D eigenvalue weighted by Crippen LogP contribution is 2.34.